The summed E-state index contributed by atoms with van der Waals surface area (Å²) >= 11 is 1.60. The number of aromatic nitrogens is 2. The molecule has 0 spiro atoms. The highest BCUT2D eigenvalue weighted by molar-refractivity contribution is 7.09. The molecule has 1 N–H and O–H groups in total. The lowest BCUT2D eigenvalue weighted by Gasteiger charge is -2.08. The number of aliphatic hydroxyl groups excluding tert-OH is 1. The minimum absolute atomic E-state index is 0.427. The molecule has 3 nitrogen and oxygen atoms in total. The van der Waals surface area contributed by atoms with Gasteiger partial charge in [-0.05, 0) is 11.6 Å². The Bertz CT molecular complexity index is 682. The Hall–Kier alpha value is -2.04. The first-order valence-corrected chi connectivity index (χ1v) is 7.76. The van der Waals surface area contributed by atoms with E-state index in [4.69, 9.17) is 0 Å². The lowest BCUT2D eigenvalue weighted by molar-refractivity contribution is 0.175. The van der Waals surface area contributed by atoms with Gasteiger partial charge in [-0.15, -0.1) is 11.3 Å². The molecule has 2 heterocycles. The molecule has 0 aliphatic carbocycles. The minimum atomic E-state index is -0.427. The first kappa shape index (κ1) is 13.9. The van der Waals surface area contributed by atoms with Crippen LogP contribution in [0.5, 0.6) is 0 Å². The van der Waals surface area contributed by atoms with E-state index in [9.17, 15) is 5.11 Å². The Morgan fingerprint density at radius 1 is 1.05 bits per heavy atom. The third-order valence-corrected chi connectivity index (χ3v) is 4.10. The van der Waals surface area contributed by atoms with Crippen molar-refractivity contribution in [3.05, 3.63) is 70.8 Å². The fourth-order valence-electron chi connectivity index (χ4n) is 2.21. The number of thiazole rings is 1. The molecule has 106 valence electrons. The number of pyridine rings is 1. The molecular weight excluding hydrogens is 280 g/mol. The van der Waals surface area contributed by atoms with Gasteiger partial charge in [-0.3, -0.25) is 4.98 Å². The Kier molecular flexibility index (Phi) is 4.38. The highest BCUT2D eigenvalue weighted by atomic mass is 32.1. The van der Waals surface area contributed by atoms with Crippen LogP contribution in [-0.2, 0) is 12.8 Å². The van der Waals surface area contributed by atoms with Gasteiger partial charge in [0.15, 0.2) is 0 Å². The molecule has 2 aromatic heterocycles. The third-order valence-electron chi connectivity index (χ3n) is 3.23. The molecule has 1 unspecified atom stereocenters. The van der Waals surface area contributed by atoms with E-state index in [2.05, 4.69) is 9.97 Å². The summed E-state index contributed by atoms with van der Waals surface area (Å²) in [6.45, 7) is 0. The van der Waals surface area contributed by atoms with Gasteiger partial charge in [-0.2, -0.15) is 0 Å². The van der Waals surface area contributed by atoms with Crippen LogP contribution in [0.4, 0.5) is 0 Å². The van der Waals surface area contributed by atoms with Crippen LogP contribution in [0, 0.1) is 0 Å². The fraction of sp³-hybridized carbons (Fsp3) is 0.176. The van der Waals surface area contributed by atoms with Gasteiger partial charge in [-0.1, -0.05) is 36.4 Å². The van der Waals surface area contributed by atoms with Gasteiger partial charge in [0.25, 0.3) is 0 Å². The van der Waals surface area contributed by atoms with Gasteiger partial charge in [0.1, 0.15) is 0 Å². The number of nitrogens with zero attached hydrogens (tertiary/aromatic N) is 2. The van der Waals surface area contributed by atoms with Gasteiger partial charge < -0.3 is 5.11 Å². The van der Waals surface area contributed by atoms with Crippen molar-refractivity contribution in [1.82, 2.24) is 9.97 Å². The van der Waals surface area contributed by atoms with Crippen molar-refractivity contribution in [2.45, 2.75) is 18.9 Å². The van der Waals surface area contributed by atoms with Crippen molar-refractivity contribution < 1.29 is 5.11 Å². The van der Waals surface area contributed by atoms with Gasteiger partial charge in [0.05, 0.1) is 16.8 Å². The maximum absolute atomic E-state index is 10.2. The molecule has 0 amide bonds. The number of hydrogen-bond donors (Lipinski definition) is 1. The van der Waals surface area contributed by atoms with Crippen LogP contribution in [0.2, 0.25) is 0 Å². The Balaban J connectivity index is 1.65. The van der Waals surface area contributed by atoms with Crippen LogP contribution in [0.1, 0.15) is 10.6 Å². The standard InChI is InChI=1S/C17H16N2OS/c20-15(9-13-5-4-8-18-11-13)10-17-19-16(12-21-17)14-6-2-1-3-7-14/h1-8,11-12,15,20H,9-10H2. The summed E-state index contributed by atoms with van der Waals surface area (Å²) in [5.74, 6) is 0. The maximum atomic E-state index is 10.2. The monoisotopic (exact) mass is 296 g/mol. The minimum Gasteiger partial charge on any atom is -0.392 e. The molecule has 3 aromatic rings. The molecule has 1 aromatic carbocycles. The maximum Gasteiger partial charge on any atom is 0.0958 e. The number of benzene rings is 1. The van der Waals surface area contributed by atoms with E-state index >= 15 is 0 Å². The second-order valence-corrected chi connectivity index (χ2v) is 5.86. The van der Waals surface area contributed by atoms with Crippen LogP contribution in [0.25, 0.3) is 11.3 Å². The van der Waals surface area contributed by atoms with Crippen molar-refractivity contribution in [1.29, 1.82) is 0 Å². The third kappa shape index (κ3) is 3.74. The molecule has 0 radical (unpaired) electrons. The summed E-state index contributed by atoms with van der Waals surface area (Å²) in [5, 5.41) is 13.2. The zero-order chi connectivity index (χ0) is 14.5. The molecule has 0 saturated heterocycles. The lowest BCUT2D eigenvalue weighted by Crippen LogP contribution is -2.13. The van der Waals surface area contributed by atoms with Crippen LogP contribution >= 0.6 is 11.3 Å². The zero-order valence-electron chi connectivity index (χ0n) is 11.5. The largest absolute Gasteiger partial charge is 0.392 e. The quantitative estimate of drug-likeness (QED) is 0.785. The topological polar surface area (TPSA) is 46.0 Å². The van der Waals surface area contributed by atoms with Crippen molar-refractivity contribution in [2.24, 2.45) is 0 Å². The van der Waals surface area contributed by atoms with E-state index < -0.39 is 6.10 Å². The van der Waals surface area contributed by atoms with E-state index in [1.807, 2.05) is 47.8 Å². The number of aliphatic hydroxyl groups is 1. The van der Waals surface area contributed by atoms with Gasteiger partial charge >= 0.3 is 0 Å². The second kappa shape index (κ2) is 6.61. The van der Waals surface area contributed by atoms with Crippen molar-refractivity contribution in [3.63, 3.8) is 0 Å². The van der Waals surface area contributed by atoms with Crippen molar-refractivity contribution in [3.8, 4) is 11.3 Å². The summed E-state index contributed by atoms with van der Waals surface area (Å²) < 4.78 is 0. The number of rotatable bonds is 5. The smallest absolute Gasteiger partial charge is 0.0958 e. The average molecular weight is 296 g/mol. The number of hydrogen-bond acceptors (Lipinski definition) is 4. The van der Waals surface area contributed by atoms with Crippen LogP contribution in [0.15, 0.2) is 60.2 Å². The predicted octanol–water partition coefficient (Wildman–Crippen LogP) is 3.35. The molecule has 0 aliphatic rings. The zero-order valence-corrected chi connectivity index (χ0v) is 12.3. The first-order valence-electron chi connectivity index (χ1n) is 6.88. The molecule has 3 rings (SSSR count). The highest BCUT2D eigenvalue weighted by Crippen LogP contribution is 2.22. The Labute approximate surface area is 128 Å². The Morgan fingerprint density at radius 2 is 1.90 bits per heavy atom. The van der Waals surface area contributed by atoms with Gasteiger partial charge in [0, 0.05) is 36.2 Å². The molecule has 21 heavy (non-hydrogen) atoms. The highest BCUT2D eigenvalue weighted by Gasteiger charge is 2.11. The summed E-state index contributed by atoms with van der Waals surface area (Å²) in [6, 6.07) is 14.0. The Morgan fingerprint density at radius 3 is 2.67 bits per heavy atom. The average Bonchev–Trinajstić information content (AvgIpc) is 2.97. The van der Waals surface area contributed by atoms with Gasteiger partial charge in [-0.25, -0.2) is 4.98 Å². The molecule has 0 fully saturated rings. The van der Waals surface area contributed by atoms with E-state index in [0.717, 1.165) is 21.8 Å². The summed E-state index contributed by atoms with van der Waals surface area (Å²) in [4.78, 5) is 8.67. The predicted molar refractivity (Wildman–Crippen MR) is 85.2 cm³/mol. The normalized spacial score (nSPS) is 12.2. The van der Waals surface area contributed by atoms with E-state index in [1.54, 1.807) is 23.7 Å². The van der Waals surface area contributed by atoms with E-state index in [0.29, 0.717) is 12.8 Å². The first-order chi connectivity index (χ1) is 10.3. The molecule has 0 aliphatic heterocycles. The summed E-state index contributed by atoms with van der Waals surface area (Å²) in [7, 11) is 0. The second-order valence-electron chi connectivity index (χ2n) is 4.92. The summed E-state index contributed by atoms with van der Waals surface area (Å²) in [6.07, 6.45) is 4.29. The van der Waals surface area contributed by atoms with Crippen molar-refractivity contribution in [2.75, 3.05) is 0 Å². The van der Waals surface area contributed by atoms with Crippen LogP contribution < -0.4 is 0 Å². The van der Waals surface area contributed by atoms with Crippen LogP contribution in [-0.4, -0.2) is 21.2 Å². The molecule has 1 atom stereocenters. The molecule has 4 heteroatoms. The summed E-state index contributed by atoms with van der Waals surface area (Å²) in [5.41, 5.74) is 3.13. The van der Waals surface area contributed by atoms with E-state index in [1.165, 1.54) is 0 Å². The molecule has 0 bridgehead atoms. The van der Waals surface area contributed by atoms with Crippen LogP contribution in [0.3, 0.4) is 0 Å². The fourth-order valence-corrected chi connectivity index (χ4v) is 3.09. The molecule has 0 saturated carbocycles. The lowest BCUT2D eigenvalue weighted by atomic mass is 10.1. The van der Waals surface area contributed by atoms with Crippen molar-refractivity contribution >= 4 is 11.3 Å². The SMILES string of the molecule is OC(Cc1cccnc1)Cc1nc(-c2ccccc2)cs1. The molecular formula is C17H16N2OS. The van der Waals surface area contributed by atoms with E-state index in [-0.39, 0.29) is 0 Å². The van der Waals surface area contributed by atoms with Gasteiger partial charge in [0.2, 0.25) is 0 Å².